The molecule has 0 amide bonds. The molecule has 5 nitrogen and oxygen atoms in total. The first-order chi connectivity index (χ1) is 10.3. The summed E-state index contributed by atoms with van der Waals surface area (Å²) >= 11 is 0. The van der Waals surface area contributed by atoms with Gasteiger partial charge >= 0.3 is 0 Å². The van der Waals surface area contributed by atoms with Gasteiger partial charge in [0, 0.05) is 11.1 Å². The summed E-state index contributed by atoms with van der Waals surface area (Å²) in [5.41, 5.74) is 4.80. The molecule has 0 aliphatic carbocycles. The zero-order valence-corrected chi connectivity index (χ0v) is 11.4. The molecule has 0 aliphatic heterocycles. The number of aromatic amines is 1. The molecule has 102 valence electrons. The fraction of sp³-hybridized carbons (Fsp3) is 0.0625. The smallest absolute Gasteiger partial charge is 0.248 e. The number of imidazole rings is 1. The lowest BCUT2D eigenvalue weighted by molar-refractivity contribution is 0.584. The van der Waals surface area contributed by atoms with Crippen LogP contribution in [0.2, 0.25) is 0 Å². The normalized spacial score (nSPS) is 11.1. The van der Waals surface area contributed by atoms with E-state index in [1.54, 1.807) is 6.33 Å². The van der Waals surface area contributed by atoms with Crippen molar-refractivity contribution < 1.29 is 4.42 Å². The van der Waals surface area contributed by atoms with E-state index < -0.39 is 0 Å². The zero-order chi connectivity index (χ0) is 14.2. The van der Waals surface area contributed by atoms with Crippen molar-refractivity contribution in [2.45, 2.75) is 6.92 Å². The van der Waals surface area contributed by atoms with Gasteiger partial charge in [-0.25, -0.2) is 4.98 Å². The molecule has 0 radical (unpaired) electrons. The number of aryl methyl sites for hydroxylation is 1. The van der Waals surface area contributed by atoms with E-state index in [2.05, 4.69) is 20.2 Å². The Morgan fingerprint density at radius 2 is 1.86 bits per heavy atom. The quantitative estimate of drug-likeness (QED) is 0.607. The summed E-state index contributed by atoms with van der Waals surface area (Å²) in [6.45, 7) is 2.02. The van der Waals surface area contributed by atoms with E-state index in [0.717, 1.165) is 27.7 Å². The molecule has 0 bridgehead atoms. The molecule has 21 heavy (non-hydrogen) atoms. The van der Waals surface area contributed by atoms with Crippen LogP contribution in [0.4, 0.5) is 0 Å². The fourth-order valence-electron chi connectivity index (χ4n) is 2.33. The molecule has 2 aromatic carbocycles. The Balaban J connectivity index is 1.78. The highest BCUT2D eigenvalue weighted by atomic mass is 16.4. The molecule has 0 spiro atoms. The maximum Gasteiger partial charge on any atom is 0.248 e. The standard InChI is InChI=1S/C16H12N4O/c1-10-4-2-3-5-12(10)16-20-19-15(21-16)11-6-7-13-14(8-11)18-9-17-13/h2-9H,1H3,(H,17,18). The summed E-state index contributed by atoms with van der Waals surface area (Å²) in [6.07, 6.45) is 1.67. The van der Waals surface area contributed by atoms with Gasteiger partial charge in [0.05, 0.1) is 17.4 Å². The Kier molecular flexibility index (Phi) is 2.57. The van der Waals surface area contributed by atoms with Crippen LogP contribution in [-0.2, 0) is 0 Å². The molecule has 4 aromatic rings. The molecule has 0 saturated carbocycles. The molecule has 4 rings (SSSR count). The average molecular weight is 276 g/mol. The highest BCUT2D eigenvalue weighted by Crippen LogP contribution is 2.27. The van der Waals surface area contributed by atoms with Crippen LogP contribution >= 0.6 is 0 Å². The second-order valence-electron chi connectivity index (χ2n) is 4.86. The zero-order valence-electron chi connectivity index (χ0n) is 11.4. The lowest BCUT2D eigenvalue weighted by atomic mass is 10.1. The number of hydrogen-bond acceptors (Lipinski definition) is 4. The van der Waals surface area contributed by atoms with Crippen LogP contribution in [-0.4, -0.2) is 20.2 Å². The van der Waals surface area contributed by atoms with E-state index in [9.17, 15) is 0 Å². The summed E-state index contributed by atoms with van der Waals surface area (Å²) in [5, 5.41) is 8.29. The Morgan fingerprint density at radius 3 is 2.76 bits per heavy atom. The topological polar surface area (TPSA) is 67.6 Å². The Morgan fingerprint density at radius 1 is 1.00 bits per heavy atom. The van der Waals surface area contributed by atoms with Crippen molar-refractivity contribution in [3.63, 3.8) is 0 Å². The minimum Gasteiger partial charge on any atom is -0.416 e. The second-order valence-corrected chi connectivity index (χ2v) is 4.86. The van der Waals surface area contributed by atoms with E-state index in [4.69, 9.17) is 4.42 Å². The molecule has 0 saturated heterocycles. The van der Waals surface area contributed by atoms with Gasteiger partial charge in [0.2, 0.25) is 11.8 Å². The number of nitrogens with zero attached hydrogens (tertiary/aromatic N) is 3. The van der Waals surface area contributed by atoms with E-state index in [1.807, 2.05) is 49.4 Å². The van der Waals surface area contributed by atoms with Gasteiger partial charge in [-0.2, -0.15) is 0 Å². The second kappa shape index (κ2) is 4.56. The van der Waals surface area contributed by atoms with Gasteiger partial charge < -0.3 is 9.40 Å². The molecule has 2 aromatic heterocycles. The molecule has 0 unspecified atom stereocenters. The van der Waals surface area contributed by atoms with Crippen LogP contribution in [0.15, 0.2) is 53.2 Å². The highest BCUT2D eigenvalue weighted by molar-refractivity contribution is 5.79. The van der Waals surface area contributed by atoms with Crippen molar-refractivity contribution in [1.29, 1.82) is 0 Å². The van der Waals surface area contributed by atoms with Gasteiger partial charge in [0.1, 0.15) is 0 Å². The van der Waals surface area contributed by atoms with Crippen molar-refractivity contribution >= 4 is 11.0 Å². The van der Waals surface area contributed by atoms with Gasteiger partial charge in [-0.1, -0.05) is 18.2 Å². The molecule has 1 N–H and O–H groups in total. The third kappa shape index (κ3) is 1.99. The average Bonchev–Trinajstić information content (AvgIpc) is 3.16. The molecular weight excluding hydrogens is 264 g/mol. The highest BCUT2D eigenvalue weighted by Gasteiger charge is 2.12. The number of nitrogens with one attached hydrogen (secondary N) is 1. The Hall–Kier alpha value is -2.95. The first-order valence-electron chi connectivity index (χ1n) is 6.64. The third-order valence-corrected chi connectivity index (χ3v) is 3.47. The predicted octanol–water partition coefficient (Wildman–Crippen LogP) is 3.59. The van der Waals surface area contributed by atoms with Gasteiger partial charge in [-0.3, -0.25) is 0 Å². The number of hydrogen-bond donors (Lipinski definition) is 1. The van der Waals surface area contributed by atoms with Crippen molar-refractivity contribution in [3.05, 3.63) is 54.4 Å². The Bertz CT molecular complexity index is 923. The summed E-state index contributed by atoms with van der Waals surface area (Å²) < 4.78 is 5.81. The summed E-state index contributed by atoms with van der Waals surface area (Å²) in [4.78, 5) is 7.27. The lowest BCUT2D eigenvalue weighted by Crippen LogP contribution is -1.81. The minimum absolute atomic E-state index is 0.504. The number of H-pyrrole nitrogens is 1. The van der Waals surface area contributed by atoms with Crippen LogP contribution in [0.25, 0.3) is 33.9 Å². The monoisotopic (exact) mass is 276 g/mol. The van der Waals surface area contributed by atoms with E-state index >= 15 is 0 Å². The van der Waals surface area contributed by atoms with Gasteiger partial charge in [-0.15, -0.1) is 10.2 Å². The maximum absolute atomic E-state index is 5.81. The summed E-state index contributed by atoms with van der Waals surface area (Å²) in [6, 6.07) is 13.8. The number of fused-ring (bicyclic) bond motifs is 1. The van der Waals surface area contributed by atoms with Gasteiger partial charge in [0.15, 0.2) is 0 Å². The van der Waals surface area contributed by atoms with Crippen molar-refractivity contribution in [1.82, 2.24) is 20.2 Å². The molecule has 5 heteroatoms. The van der Waals surface area contributed by atoms with E-state index in [-0.39, 0.29) is 0 Å². The van der Waals surface area contributed by atoms with Crippen molar-refractivity contribution in [2.75, 3.05) is 0 Å². The first kappa shape index (κ1) is 11.8. The molecule has 0 aliphatic rings. The molecule has 0 atom stereocenters. The molecule has 2 heterocycles. The summed E-state index contributed by atoms with van der Waals surface area (Å²) in [7, 11) is 0. The van der Waals surface area contributed by atoms with Crippen LogP contribution in [0.1, 0.15) is 5.56 Å². The first-order valence-corrected chi connectivity index (χ1v) is 6.64. The fourth-order valence-corrected chi connectivity index (χ4v) is 2.33. The third-order valence-electron chi connectivity index (χ3n) is 3.47. The van der Waals surface area contributed by atoms with E-state index in [1.165, 1.54) is 0 Å². The number of rotatable bonds is 2. The predicted molar refractivity (Wildman–Crippen MR) is 79.6 cm³/mol. The number of benzene rings is 2. The van der Waals surface area contributed by atoms with Gasteiger partial charge in [-0.05, 0) is 36.8 Å². The SMILES string of the molecule is Cc1ccccc1-c1nnc(-c2ccc3nc[nH]c3c2)o1. The van der Waals surface area contributed by atoms with Gasteiger partial charge in [0.25, 0.3) is 0 Å². The number of aromatic nitrogens is 4. The van der Waals surface area contributed by atoms with Crippen LogP contribution in [0, 0.1) is 6.92 Å². The van der Waals surface area contributed by atoms with E-state index in [0.29, 0.717) is 11.8 Å². The largest absolute Gasteiger partial charge is 0.416 e. The van der Waals surface area contributed by atoms with Crippen LogP contribution < -0.4 is 0 Å². The molecular formula is C16H12N4O. The van der Waals surface area contributed by atoms with Crippen LogP contribution in [0.5, 0.6) is 0 Å². The minimum atomic E-state index is 0.504. The van der Waals surface area contributed by atoms with Crippen LogP contribution in [0.3, 0.4) is 0 Å². The lowest BCUT2D eigenvalue weighted by Gasteiger charge is -1.99. The Labute approximate surface area is 120 Å². The van der Waals surface area contributed by atoms with Crippen molar-refractivity contribution in [2.24, 2.45) is 0 Å². The molecule has 0 fully saturated rings. The summed E-state index contributed by atoms with van der Waals surface area (Å²) in [5.74, 6) is 1.04. The van der Waals surface area contributed by atoms with Crippen molar-refractivity contribution in [3.8, 4) is 22.9 Å². The maximum atomic E-state index is 5.81.